The van der Waals surface area contributed by atoms with Gasteiger partial charge in [-0.15, -0.1) is 0 Å². The van der Waals surface area contributed by atoms with E-state index in [4.69, 9.17) is 17.3 Å². The predicted molar refractivity (Wildman–Crippen MR) is 51.1 cm³/mol. The fourth-order valence-corrected chi connectivity index (χ4v) is 1.62. The van der Waals surface area contributed by atoms with Crippen molar-refractivity contribution in [3.05, 3.63) is 46.6 Å². The molecule has 12 heavy (non-hydrogen) atoms. The van der Waals surface area contributed by atoms with Gasteiger partial charge in [-0.25, -0.2) is 0 Å². The van der Waals surface area contributed by atoms with Crippen LogP contribution in [0.3, 0.4) is 0 Å². The number of hydrogen-bond acceptors (Lipinski definition) is 1. The van der Waals surface area contributed by atoms with Crippen molar-refractivity contribution in [2.75, 3.05) is 0 Å². The third-order valence-electron chi connectivity index (χ3n) is 2.24. The Morgan fingerprint density at radius 3 is 2.75 bits per heavy atom. The second-order valence-electron chi connectivity index (χ2n) is 3.05. The molecule has 0 fully saturated rings. The Bertz CT molecular complexity index is 330. The van der Waals surface area contributed by atoms with Crippen LogP contribution in [0.25, 0.3) is 0 Å². The van der Waals surface area contributed by atoms with Gasteiger partial charge in [0.05, 0.1) is 0 Å². The maximum atomic E-state index is 5.86. The van der Waals surface area contributed by atoms with Gasteiger partial charge in [-0.3, -0.25) is 0 Å². The summed E-state index contributed by atoms with van der Waals surface area (Å²) in [6.07, 6.45) is 3.09. The van der Waals surface area contributed by atoms with Crippen LogP contribution in [-0.4, -0.2) is 0 Å². The Morgan fingerprint density at radius 1 is 1.42 bits per heavy atom. The molecule has 0 radical (unpaired) electrons. The first kappa shape index (κ1) is 7.69. The summed E-state index contributed by atoms with van der Waals surface area (Å²) in [5.41, 5.74) is 7.92. The minimum Gasteiger partial charge on any atom is -0.402 e. The highest BCUT2D eigenvalue weighted by Gasteiger charge is 2.20. The van der Waals surface area contributed by atoms with Gasteiger partial charge in [-0.2, -0.15) is 0 Å². The molecule has 0 aliphatic heterocycles. The van der Waals surface area contributed by atoms with Gasteiger partial charge >= 0.3 is 0 Å². The van der Waals surface area contributed by atoms with E-state index >= 15 is 0 Å². The monoisotopic (exact) mass is 179 g/mol. The lowest BCUT2D eigenvalue weighted by molar-refractivity contribution is 0.716. The van der Waals surface area contributed by atoms with Crippen molar-refractivity contribution in [1.29, 1.82) is 0 Å². The topological polar surface area (TPSA) is 26.0 Å². The zero-order valence-corrected chi connectivity index (χ0v) is 7.38. The highest BCUT2D eigenvalue weighted by atomic mass is 35.5. The molecule has 1 aliphatic rings. The fourth-order valence-electron chi connectivity index (χ4n) is 1.42. The Hall–Kier alpha value is -0.950. The Kier molecular flexibility index (Phi) is 1.81. The number of hydrogen-bond donors (Lipinski definition) is 1. The third kappa shape index (κ3) is 1.21. The van der Waals surface area contributed by atoms with Crippen molar-refractivity contribution >= 4 is 11.6 Å². The summed E-state index contributed by atoms with van der Waals surface area (Å²) >= 11 is 5.86. The fraction of sp³-hybridized carbons (Fsp3) is 0.200. The highest BCUT2D eigenvalue weighted by molar-refractivity contribution is 6.30. The van der Waals surface area contributed by atoms with E-state index in [1.54, 1.807) is 0 Å². The van der Waals surface area contributed by atoms with Crippen molar-refractivity contribution in [1.82, 2.24) is 0 Å². The molecule has 0 spiro atoms. The second-order valence-corrected chi connectivity index (χ2v) is 3.48. The van der Waals surface area contributed by atoms with E-state index in [0.29, 0.717) is 5.92 Å². The van der Waals surface area contributed by atoms with Gasteiger partial charge in [0.15, 0.2) is 0 Å². The average molecular weight is 180 g/mol. The lowest BCUT2D eigenvalue weighted by atomic mass is 9.84. The Balaban J connectivity index is 2.30. The van der Waals surface area contributed by atoms with E-state index in [0.717, 1.165) is 17.1 Å². The van der Waals surface area contributed by atoms with Gasteiger partial charge in [0.25, 0.3) is 0 Å². The van der Waals surface area contributed by atoms with E-state index in [1.165, 1.54) is 5.56 Å². The summed E-state index contributed by atoms with van der Waals surface area (Å²) in [6, 6.07) is 7.88. The minimum atomic E-state index is 0.406. The standard InChI is InChI=1S/C10H10ClN/c11-8-3-1-2-7(6-8)9-4-5-10(9)12/h1-3,5-6,9H,4,12H2/t9-/m0/s1. The van der Waals surface area contributed by atoms with Crippen molar-refractivity contribution < 1.29 is 0 Å². The van der Waals surface area contributed by atoms with Crippen LogP contribution in [0.1, 0.15) is 17.9 Å². The molecule has 0 unspecified atom stereocenters. The first-order valence-corrected chi connectivity index (χ1v) is 4.36. The molecular weight excluding hydrogens is 170 g/mol. The third-order valence-corrected chi connectivity index (χ3v) is 2.48. The van der Waals surface area contributed by atoms with E-state index in [-0.39, 0.29) is 0 Å². The molecule has 0 heterocycles. The molecule has 62 valence electrons. The zero-order chi connectivity index (χ0) is 8.55. The first-order chi connectivity index (χ1) is 5.77. The maximum Gasteiger partial charge on any atom is 0.0408 e. The number of rotatable bonds is 1. The van der Waals surface area contributed by atoms with E-state index in [2.05, 4.69) is 6.07 Å². The molecule has 0 saturated carbocycles. The lowest BCUT2D eigenvalue weighted by Gasteiger charge is -2.24. The zero-order valence-electron chi connectivity index (χ0n) is 6.63. The van der Waals surface area contributed by atoms with Crippen molar-refractivity contribution in [3.8, 4) is 0 Å². The molecule has 0 saturated heterocycles. The van der Waals surface area contributed by atoms with Gasteiger partial charge in [0.2, 0.25) is 0 Å². The molecular formula is C10H10ClN. The van der Waals surface area contributed by atoms with Crippen LogP contribution in [0.15, 0.2) is 36.0 Å². The number of nitrogens with two attached hydrogens (primary N) is 1. The SMILES string of the molecule is NC1=CC[C@H]1c1cccc(Cl)c1. The van der Waals surface area contributed by atoms with E-state index in [1.807, 2.05) is 24.3 Å². The van der Waals surface area contributed by atoms with Crippen LogP contribution in [-0.2, 0) is 0 Å². The molecule has 1 aromatic rings. The van der Waals surface area contributed by atoms with Crippen LogP contribution in [0.4, 0.5) is 0 Å². The largest absolute Gasteiger partial charge is 0.402 e. The van der Waals surface area contributed by atoms with Crippen molar-refractivity contribution in [2.45, 2.75) is 12.3 Å². The van der Waals surface area contributed by atoms with Crippen molar-refractivity contribution in [2.24, 2.45) is 5.73 Å². The molecule has 0 aromatic heterocycles. The van der Waals surface area contributed by atoms with Gasteiger partial charge in [0, 0.05) is 16.6 Å². The summed E-state index contributed by atoms with van der Waals surface area (Å²) in [5.74, 6) is 0.406. The van der Waals surface area contributed by atoms with Gasteiger partial charge in [-0.05, 0) is 24.1 Å². The normalized spacial score (nSPS) is 21.4. The molecule has 2 N–H and O–H groups in total. The van der Waals surface area contributed by atoms with Gasteiger partial charge < -0.3 is 5.73 Å². The minimum absolute atomic E-state index is 0.406. The predicted octanol–water partition coefficient (Wildman–Crippen LogP) is 2.67. The van der Waals surface area contributed by atoms with E-state index in [9.17, 15) is 0 Å². The van der Waals surface area contributed by atoms with Crippen LogP contribution in [0.2, 0.25) is 5.02 Å². The number of benzene rings is 1. The molecule has 2 heteroatoms. The average Bonchev–Trinajstić information content (AvgIpc) is 2.02. The van der Waals surface area contributed by atoms with E-state index < -0.39 is 0 Å². The van der Waals surface area contributed by atoms with Gasteiger partial charge in [0.1, 0.15) is 0 Å². The van der Waals surface area contributed by atoms with Crippen LogP contribution in [0, 0.1) is 0 Å². The molecule has 1 atom stereocenters. The smallest absolute Gasteiger partial charge is 0.0408 e. The number of halogens is 1. The summed E-state index contributed by atoms with van der Waals surface area (Å²) < 4.78 is 0. The number of allylic oxidation sites excluding steroid dienone is 2. The second kappa shape index (κ2) is 2.83. The molecule has 2 rings (SSSR count). The molecule has 1 nitrogen and oxygen atoms in total. The lowest BCUT2D eigenvalue weighted by Crippen LogP contribution is -2.17. The molecule has 1 aromatic carbocycles. The Morgan fingerprint density at radius 2 is 2.25 bits per heavy atom. The van der Waals surface area contributed by atoms with Crippen LogP contribution >= 0.6 is 11.6 Å². The quantitative estimate of drug-likeness (QED) is 0.705. The molecule has 0 bridgehead atoms. The van der Waals surface area contributed by atoms with Crippen molar-refractivity contribution in [3.63, 3.8) is 0 Å². The Labute approximate surface area is 76.8 Å². The maximum absolute atomic E-state index is 5.86. The summed E-state index contributed by atoms with van der Waals surface area (Å²) in [7, 11) is 0. The van der Waals surface area contributed by atoms with Gasteiger partial charge in [-0.1, -0.05) is 29.8 Å². The first-order valence-electron chi connectivity index (χ1n) is 3.98. The molecule has 0 amide bonds. The molecule has 1 aliphatic carbocycles. The van der Waals surface area contributed by atoms with Crippen LogP contribution < -0.4 is 5.73 Å². The summed E-state index contributed by atoms with van der Waals surface area (Å²) in [4.78, 5) is 0. The summed E-state index contributed by atoms with van der Waals surface area (Å²) in [6.45, 7) is 0. The summed E-state index contributed by atoms with van der Waals surface area (Å²) in [5, 5.41) is 0.784. The highest BCUT2D eigenvalue weighted by Crippen LogP contribution is 2.34. The van der Waals surface area contributed by atoms with Crippen LogP contribution in [0.5, 0.6) is 0 Å².